The molecule has 1 rings (SSSR count). The number of esters is 1. The first-order valence-electron chi connectivity index (χ1n) is 17.1. The van der Waals surface area contributed by atoms with E-state index in [1.165, 1.54) is 12.2 Å². The first-order valence-corrected chi connectivity index (χ1v) is 17.1. The van der Waals surface area contributed by atoms with Crippen molar-refractivity contribution in [2.45, 2.75) is 98.1 Å². The van der Waals surface area contributed by atoms with Crippen LogP contribution in [0.25, 0.3) is 0 Å². The van der Waals surface area contributed by atoms with E-state index < -0.39 is 35.8 Å². The lowest BCUT2D eigenvalue weighted by molar-refractivity contribution is -0.241. The van der Waals surface area contributed by atoms with Gasteiger partial charge < -0.3 is 44.7 Å². The highest BCUT2D eigenvalue weighted by molar-refractivity contribution is 6.13. The van der Waals surface area contributed by atoms with Gasteiger partial charge in [0.2, 0.25) is 17.7 Å². The molecule has 0 aromatic carbocycles. The van der Waals surface area contributed by atoms with E-state index in [2.05, 4.69) is 16.0 Å². The third-order valence-corrected chi connectivity index (χ3v) is 6.68. The van der Waals surface area contributed by atoms with Crippen molar-refractivity contribution in [3.05, 3.63) is 12.2 Å². The molecule has 0 aliphatic carbocycles. The molecule has 1 aliphatic heterocycles. The Morgan fingerprint density at radius 2 is 1.32 bits per heavy atom. The normalized spacial score (nSPS) is 14.4. The lowest BCUT2D eigenvalue weighted by Gasteiger charge is -2.32. The number of hydrogen-bond donors (Lipinski definition) is 4. The van der Waals surface area contributed by atoms with E-state index in [-0.39, 0.29) is 121 Å². The number of carbonyl (C=O) groups is 6. The van der Waals surface area contributed by atoms with Gasteiger partial charge in [0.1, 0.15) is 6.61 Å². The largest absolute Gasteiger partial charge is 0.460 e. The maximum Gasteiger partial charge on any atom is 0.305 e. The number of carbonyl (C=O) groups excluding carboxylic acids is 6. The lowest BCUT2D eigenvalue weighted by Crippen LogP contribution is -2.38. The monoisotopic (exact) mass is 714 g/mol. The highest BCUT2D eigenvalue weighted by atomic mass is 16.7. The zero-order chi connectivity index (χ0) is 37.6. The molecule has 0 radical (unpaired) electrons. The Morgan fingerprint density at radius 3 is 1.90 bits per heavy atom. The maximum absolute atomic E-state index is 12.3. The molecule has 50 heavy (non-hydrogen) atoms. The van der Waals surface area contributed by atoms with Crippen LogP contribution in [-0.2, 0) is 52.5 Å². The van der Waals surface area contributed by atoms with E-state index in [0.717, 1.165) is 4.90 Å². The third-order valence-electron chi connectivity index (χ3n) is 6.68. The van der Waals surface area contributed by atoms with E-state index in [9.17, 15) is 33.9 Å². The molecule has 16 nitrogen and oxygen atoms in total. The molecule has 286 valence electrons. The summed E-state index contributed by atoms with van der Waals surface area (Å²) in [4.78, 5) is 72.1. The fraction of sp³-hybridized carbons (Fsp3) is 0.765. The lowest BCUT2D eigenvalue weighted by atomic mass is 9.89. The van der Waals surface area contributed by atoms with Crippen molar-refractivity contribution in [1.29, 1.82) is 0 Å². The minimum atomic E-state index is -0.851. The Balaban J connectivity index is 2.05. The van der Waals surface area contributed by atoms with Crippen molar-refractivity contribution in [1.82, 2.24) is 20.9 Å². The van der Waals surface area contributed by atoms with Crippen molar-refractivity contribution in [2.24, 2.45) is 5.41 Å². The summed E-state index contributed by atoms with van der Waals surface area (Å²) < 4.78 is 27.9. The summed E-state index contributed by atoms with van der Waals surface area (Å²) in [6, 6.07) is 0. The first kappa shape index (κ1) is 44.6. The van der Waals surface area contributed by atoms with E-state index >= 15 is 0 Å². The van der Waals surface area contributed by atoms with Gasteiger partial charge in [-0.25, -0.2) is 0 Å². The Bertz CT molecular complexity index is 1100. The minimum absolute atomic E-state index is 0.00777. The van der Waals surface area contributed by atoms with Crippen molar-refractivity contribution in [2.75, 3.05) is 65.8 Å². The molecule has 0 aromatic heterocycles. The molecule has 16 heteroatoms. The number of ether oxygens (including phenoxy) is 5. The molecule has 1 heterocycles. The Morgan fingerprint density at radius 1 is 0.760 bits per heavy atom. The van der Waals surface area contributed by atoms with Crippen LogP contribution >= 0.6 is 0 Å². The summed E-state index contributed by atoms with van der Waals surface area (Å²) >= 11 is 0. The molecule has 0 aromatic rings. The smallest absolute Gasteiger partial charge is 0.305 e. The Labute approximate surface area is 295 Å². The summed E-state index contributed by atoms with van der Waals surface area (Å²) in [7, 11) is 0. The predicted octanol–water partition coefficient (Wildman–Crippen LogP) is 0.742. The molecule has 4 N–H and O–H groups in total. The minimum Gasteiger partial charge on any atom is -0.460 e. The van der Waals surface area contributed by atoms with Crippen molar-refractivity contribution in [3.63, 3.8) is 0 Å². The van der Waals surface area contributed by atoms with Gasteiger partial charge in [-0.05, 0) is 39.0 Å². The molecular formula is C34H58N4O12. The number of amides is 5. The zero-order valence-electron chi connectivity index (χ0n) is 30.5. The molecule has 1 aliphatic rings. The van der Waals surface area contributed by atoms with Gasteiger partial charge in [0.25, 0.3) is 11.8 Å². The fourth-order valence-corrected chi connectivity index (χ4v) is 4.46. The van der Waals surface area contributed by atoms with Crippen LogP contribution in [0.5, 0.6) is 0 Å². The number of hydrogen-bond acceptors (Lipinski definition) is 12. The molecule has 0 fully saturated rings. The quantitative estimate of drug-likeness (QED) is 0.0424. The van der Waals surface area contributed by atoms with Gasteiger partial charge >= 0.3 is 5.97 Å². The van der Waals surface area contributed by atoms with Crippen LogP contribution in [0.3, 0.4) is 0 Å². The van der Waals surface area contributed by atoms with Crippen LogP contribution in [-0.4, -0.2) is 129 Å². The van der Waals surface area contributed by atoms with Crippen LogP contribution in [0.1, 0.15) is 80.1 Å². The SMILES string of the molecule is CC(C)(C)CC(CO)OC(COC(=O)CCCC(=O)NCCNC(=O)CCOCCOCCNC(=O)CCN1C(=O)C=CC1=O)OC(C)(C)C. The molecule has 0 saturated heterocycles. The summed E-state index contributed by atoms with van der Waals surface area (Å²) in [5.41, 5.74) is -0.640. The van der Waals surface area contributed by atoms with E-state index in [1.54, 1.807) is 0 Å². The standard InChI is InChI=1S/C34H58N4O12/c1-33(2,3)22-25(23-39)49-32(50-34(4,5)6)24-48-31(45)9-7-8-26(40)35-14-15-36-28(42)13-18-46-20-21-47-19-16-37-27(41)12-17-38-29(43)10-11-30(38)44/h10-11,25,32,39H,7-9,12-24H2,1-6H3,(H,35,40)(H,36,42)(H,37,41). The van der Waals surface area contributed by atoms with E-state index in [1.807, 2.05) is 41.5 Å². The van der Waals surface area contributed by atoms with Gasteiger partial charge in [-0.1, -0.05) is 20.8 Å². The Kier molecular flexibility index (Phi) is 21.3. The summed E-state index contributed by atoms with van der Waals surface area (Å²) in [5.74, 6) is -2.14. The summed E-state index contributed by atoms with van der Waals surface area (Å²) in [6.07, 6.45) is 2.17. The van der Waals surface area contributed by atoms with Gasteiger partial charge in [0.15, 0.2) is 6.29 Å². The van der Waals surface area contributed by atoms with Crippen LogP contribution in [0.4, 0.5) is 0 Å². The third kappa shape index (κ3) is 23.1. The summed E-state index contributed by atoms with van der Waals surface area (Å²) in [6.45, 7) is 13.1. The molecule has 0 saturated carbocycles. The zero-order valence-corrected chi connectivity index (χ0v) is 30.5. The summed E-state index contributed by atoms with van der Waals surface area (Å²) in [5, 5.41) is 17.8. The molecule has 5 amide bonds. The fourth-order valence-electron chi connectivity index (χ4n) is 4.46. The van der Waals surface area contributed by atoms with Gasteiger partial charge in [-0.15, -0.1) is 0 Å². The molecule has 2 atom stereocenters. The van der Waals surface area contributed by atoms with E-state index in [4.69, 9.17) is 23.7 Å². The second-order valence-electron chi connectivity index (χ2n) is 13.8. The first-order chi connectivity index (χ1) is 23.5. The molecule has 0 spiro atoms. The molecule has 0 bridgehead atoms. The molecule has 2 unspecified atom stereocenters. The number of aliphatic hydroxyl groups is 1. The van der Waals surface area contributed by atoms with Gasteiger partial charge in [-0.2, -0.15) is 0 Å². The number of nitrogens with zero attached hydrogens (tertiary/aromatic N) is 1. The molecular weight excluding hydrogens is 656 g/mol. The number of imide groups is 1. The Hall–Kier alpha value is -3.44. The second-order valence-corrected chi connectivity index (χ2v) is 13.8. The van der Waals surface area contributed by atoms with Crippen molar-refractivity contribution < 1.29 is 57.6 Å². The topological polar surface area (TPSA) is 208 Å². The van der Waals surface area contributed by atoms with Gasteiger partial charge in [-0.3, -0.25) is 33.7 Å². The van der Waals surface area contributed by atoms with E-state index in [0.29, 0.717) is 6.42 Å². The van der Waals surface area contributed by atoms with Crippen LogP contribution in [0.15, 0.2) is 12.2 Å². The second kappa shape index (κ2) is 23.9. The van der Waals surface area contributed by atoms with Gasteiger partial charge in [0, 0.05) is 64.0 Å². The predicted molar refractivity (Wildman–Crippen MR) is 181 cm³/mol. The number of aliphatic hydroxyl groups excluding tert-OH is 1. The number of nitrogens with one attached hydrogen (secondary N) is 3. The highest BCUT2D eigenvalue weighted by Crippen LogP contribution is 2.24. The van der Waals surface area contributed by atoms with Crippen molar-refractivity contribution in [3.8, 4) is 0 Å². The average molecular weight is 715 g/mol. The van der Waals surface area contributed by atoms with Crippen LogP contribution in [0, 0.1) is 5.41 Å². The van der Waals surface area contributed by atoms with Crippen LogP contribution < -0.4 is 16.0 Å². The maximum atomic E-state index is 12.3. The van der Waals surface area contributed by atoms with Crippen LogP contribution in [0.2, 0.25) is 0 Å². The van der Waals surface area contributed by atoms with Gasteiger partial charge in [0.05, 0.1) is 44.7 Å². The average Bonchev–Trinajstić information content (AvgIpc) is 3.34. The highest BCUT2D eigenvalue weighted by Gasteiger charge is 2.27. The number of rotatable bonds is 26. The van der Waals surface area contributed by atoms with Crippen molar-refractivity contribution >= 4 is 35.5 Å².